The van der Waals surface area contributed by atoms with Gasteiger partial charge in [0.1, 0.15) is 11.6 Å². The SMILES string of the molecule is NC(Cc1ccc(F)cc1)c1cc2cccc(Cl)c2o1. The first-order valence-corrected chi connectivity index (χ1v) is 6.69. The highest BCUT2D eigenvalue weighted by atomic mass is 35.5. The Morgan fingerprint density at radius 3 is 2.60 bits per heavy atom. The minimum absolute atomic E-state index is 0.252. The van der Waals surface area contributed by atoms with Crippen LogP contribution in [0.3, 0.4) is 0 Å². The minimum Gasteiger partial charge on any atom is -0.458 e. The van der Waals surface area contributed by atoms with Gasteiger partial charge in [0.2, 0.25) is 0 Å². The van der Waals surface area contributed by atoms with E-state index in [1.54, 1.807) is 18.2 Å². The number of rotatable bonds is 3. The fraction of sp³-hybridized carbons (Fsp3) is 0.125. The number of benzene rings is 2. The van der Waals surface area contributed by atoms with E-state index in [2.05, 4.69) is 0 Å². The van der Waals surface area contributed by atoms with Crippen molar-refractivity contribution in [2.45, 2.75) is 12.5 Å². The van der Waals surface area contributed by atoms with E-state index in [9.17, 15) is 4.39 Å². The highest BCUT2D eigenvalue weighted by Gasteiger charge is 2.14. The monoisotopic (exact) mass is 289 g/mol. The fourth-order valence-electron chi connectivity index (χ4n) is 2.21. The maximum atomic E-state index is 12.9. The number of halogens is 2. The summed E-state index contributed by atoms with van der Waals surface area (Å²) < 4.78 is 18.6. The minimum atomic E-state index is -0.288. The van der Waals surface area contributed by atoms with Crippen molar-refractivity contribution in [3.05, 3.63) is 70.7 Å². The Labute approximate surface area is 121 Å². The lowest BCUT2D eigenvalue weighted by molar-refractivity contribution is 0.494. The first kappa shape index (κ1) is 13.2. The van der Waals surface area contributed by atoms with Crippen molar-refractivity contribution < 1.29 is 8.81 Å². The van der Waals surface area contributed by atoms with Gasteiger partial charge in [-0.2, -0.15) is 0 Å². The summed E-state index contributed by atoms with van der Waals surface area (Å²) in [6.45, 7) is 0. The highest BCUT2D eigenvalue weighted by molar-refractivity contribution is 6.34. The molecule has 0 aliphatic rings. The molecule has 4 heteroatoms. The lowest BCUT2D eigenvalue weighted by Gasteiger charge is -2.08. The molecule has 2 aromatic carbocycles. The fourth-order valence-corrected chi connectivity index (χ4v) is 2.43. The van der Waals surface area contributed by atoms with Crippen molar-refractivity contribution in [3.8, 4) is 0 Å². The van der Waals surface area contributed by atoms with E-state index in [4.69, 9.17) is 21.8 Å². The van der Waals surface area contributed by atoms with Crippen molar-refractivity contribution in [3.63, 3.8) is 0 Å². The summed E-state index contributed by atoms with van der Waals surface area (Å²) >= 11 is 6.08. The summed E-state index contributed by atoms with van der Waals surface area (Å²) in [5.74, 6) is 0.426. The average molecular weight is 290 g/mol. The highest BCUT2D eigenvalue weighted by Crippen LogP contribution is 2.29. The summed E-state index contributed by atoms with van der Waals surface area (Å²) in [6.07, 6.45) is 0.581. The van der Waals surface area contributed by atoms with Crippen LogP contribution in [0.15, 0.2) is 52.9 Å². The Bertz CT molecular complexity index is 736. The molecule has 1 heterocycles. The average Bonchev–Trinajstić information content (AvgIpc) is 2.87. The maximum absolute atomic E-state index is 12.9. The van der Waals surface area contributed by atoms with E-state index in [1.165, 1.54) is 12.1 Å². The Morgan fingerprint density at radius 1 is 1.15 bits per heavy atom. The van der Waals surface area contributed by atoms with Gasteiger partial charge in [0.25, 0.3) is 0 Å². The molecule has 0 bridgehead atoms. The van der Waals surface area contributed by atoms with E-state index >= 15 is 0 Å². The van der Waals surface area contributed by atoms with Gasteiger partial charge in [-0.05, 0) is 36.2 Å². The van der Waals surface area contributed by atoms with Crippen LogP contribution in [0.4, 0.5) is 4.39 Å². The van der Waals surface area contributed by atoms with Gasteiger partial charge in [-0.1, -0.05) is 35.9 Å². The van der Waals surface area contributed by atoms with Crippen LogP contribution in [0.5, 0.6) is 0 Å². The first-order chi connectivity index (χ1) is 9.63. The molecule has 0 saturated carbocycles. The van der Waals surface area contributed by atoms with Crippen LogP contribution in [0, 0.1) is 5.82 Å². The Hall–Kier alpha value is -1.84. The molecule has 3 aromatic rings. The molecular weight excluding hydrogens is 277 g/mol. The van der Waals surface area contributed by atoms with Gasteiger partial charge in [-0.25, -0.2) is 4.39 Å². The summed E-state index contributed by atoms with van der Waals surface area (Å²) in [7, 11) is 0. The van der Waals surface area contributed by atoms with Crippen LogP contribution in [-0.2, 0) is 6.42 Å². The number of para-hydroxylation sites is 1. The van der Waals surface area contributed by atoms with Crippen LogP contribution in [-0.4, -0.2) is 0 Å². The third-order valence-corrected chi connectivity index (χ3v) is 3.55. The molecule has 3 rings (SSSR count). The standard InChI is InChI=1S/C16H13ClFNO/c17-13-3-1-2-11-9-15(20-16(11)13)14(19)8-10-4-6-12(18)7-5-10/h1-7,9,14H,8,19H2. The van der Waals surface area contributed by atoms with Crippen LogP contribution >= 0.6 is 11.6 Å². The molecule has 1 unspecified atom stereocenters. The quantitative estimate of drug-likeness (QED) is 0.773. The number of furan rings is 1. The Morgan fingerprint density at radius 2 is 1.90 bits per heavy atom. The predicted molar refractivity (Wildman–Crippen MR) is 78.3 cm³/mol. The molecule has 0 spiro atoms. The molecule has 0 radical (unpaired) electrons. The van der Waals surface area contributed by atoms with Gasteiger partial charge in [-0.3, -0.25) is 0 Å². The molecule has 0 fully saturated rings. The van der Waals surface area contributed by atoms with Crippen molar-refractivity contribution >= 4 is 22.6 Å². The number of hydrogen-bond acceptors (Lipinski definition) is 2. The Balaban J connectivity index is 1.86. The second kappa shape index (κ2) is 5.27. The largest absolute Gasteiger partial charge is 0.458 e. The molecule has 0 amide bonds. The normalized spacial score (nSPS) is 12.8. The molecule has 2 nitrogen and oxygen atoms in total. The number of nitrogens with two attached hydrogens (primary N) is 1. The smallest absolute Gasteiger partial charge is 0.152 e. The maximum Gasteiger partial charge on any atom is 0.152 e. The van der Waals surface area contributed by atoms with Crippen LogP contribution in [0.1, 0.15) is 17.4 Å². The lowest BCUT2D eigenvalue weighted by Crippen LogP contribution is -2.12. The predicted octanol–water partition coefficient (Wildman–Crippen LogP) is 4.47. The second-order valence-corrected chi connectivity index (χ2v) is 5.15. The zero-order valence-electron chi connectivity index (χ0n) is 10.6. The van der Waals surface area contributed by atoms with Crippen molar-refractivity contribution in [1.82, 2.24) is 0 Å². The van der Waals surface area contributed by atoms with E-state index in [1.807, 2.05) is 18.2 Å². The molecule has 2 N–H and O–H groups in total. The van der Waals surface area contributed by atoms with E-state index in [-0.39, 0.29) is 11.9 Å². The first-order valence-electron chi connectivity index (χ1n) is 6.31. The van der Waals surface area contributed by atoms with Gasteiger partial charge in [0, 0.05) is 5.39 Å². The van der Waals surface area contributed by atoms with Gasteiger partial charge in [0.05, 0.1) is 11.1 Å². The van der Waals surface area contributed by atoms with Gasteiger partial charge in [-0.15, -0.1) is 0 Å². The third kappa shape index (κ3) is 2.55. The van der Waals surface area contributed by atoms with Gasteiger partial charge < -0.3 is 10.2 Å². The van der Waals surface area contributed by atoms with Crippen molar-refractivity contribution in [2.24, 2.45) is 5.73 Å². The lowest BCUT2D eigenvalue weighted by atomic mass is 10.0. The summed E-state index contributed by atoms with van der Waals surface area (Å²) in [5, 5.41) is 1.50. The van der Waals surface area contributed by atoms with Crippen LogP contribution in [0.25, 0.3) is 11.0 Å². The molecule has 1 atom stereocenters. The van der Waals surface area contributed by atoms with E-state index in [0.717, 1.165) is 10.9 Å². The van der Waals surface area contributed by atoms with E-state index in [0.29, 0.717) is 22.8 Å². The third-order valence-electron chi connectivity index (χ3n) is 3.25. The zero-order chi connectivity index (χ0) is 14.1. The zero-order valence-corrected chi connectivity index (χ0v) is 11.4. The molecule has 0 saturated heterocycles. The molecule has 20 heavy (non-hydrogen) atoms. The van der Waals surface area contributed by atoms with E-state index < -0.39 is 0 Å². The van der Waals surface area contributed by atoms with Crippen molar-refractivity contribution in [2.75, 3.05) is 0 Å². The summed E-state index contributed by atoms with van der Waals surface area (Å²) in [4.78, 5) is 0. The Kier molecular flexibility index (Phi) is 3.47. The van der Waals surface area contributed by atoms with Crippen molar-refractivity contribution in [1.29, 1.82) is 0 Å². The molecule has 0 aliphatic heterocycles. The summed E-state index contributed by atoms with van der Waals surface area (Å²) in [6, 6.07) is 13.5. The second-order valence-electron chi connectivity index (χ2n) is 4.74. The summed E-state index contributed by atoms with van der Waals surface area (Å²) in [5.41, 5.74) is 7.76. The topological polar surface area (TPSA) is 39.2 Å². The molecule has 102 valence electrons. The van der Waals surface area contributed by atoms with Crippen LogP contribution < -0.4 is 5.73 Å². The van der Waals surface area contributed by atoms with Gasteiger partial charge >= 0.3 is 0 Å². The molecule has 0 aliphatic carbocycles. The molecular formula is C16H13ClFNO. The number of fused-ring (bicyclic) bond motifs is 1. The van der Waals surface area contributed by atoms with Gasteiger partial charge in [0.15, 0.2) is 5.58 Å². The van der Waals surface area contributed by atoms with Crippen LogP contribution in [0.2, 0.25) is 5.02 Å². The number of hydrogen-bond donors (Lipinski definition) is 1. The molecule has 1 aromatic heterocycles.